The molecule has 2 aromatic carbocycles. The second kappa shape index (κ2) is 6.66. The molecule has 0 aliphatic carbocycles. The van der Waals surface area contributed by atoms with Crippen molar-refractivity contribution in [3.05, 3.63) is 86.9 Å². The van der Waals surface area contributed by atoms with Gasteiger partial charge in [0.1, 0.15) is 11.6 Å². The number of nitrogens with two attached hydrogens (primary N) is 1. The van der Waals surface area contributed by atoms with Crippen LogP contribution < -0.4 is 10.5 Å². The van der Waals surface area contributed by atoms with Gasteiger partial charge >= 0.3 is 0 Å². The molecule has 0 saturated carbocycles. The molecule has 0 bridgehead atoms. The van der Waals surface area contributed by atoms with E-state index in [0.29, 0.717) is 21.5 Å². The highest BCUT2D eigenvalue weighted by Crippen LogP contribution is 2.45. The van der Waals surface area contributed by atoms with Crippen molar-refractivity contribution in [2.75, 3.05) is 0 Å². The molecule has 5 nitrogen and oxygen atoms in total. The number of allylic oxidation sites excluding steroid dienone is 1. The molecule has 27 heavy (non-hydrogen) atoms. The number of benzene rings is 2. The van der Waals surface area contributed by atoms with Crippen LogP contribution in [0.4, 0.5) is 0 Å². The first-order valence-electron chi connectivity index (χ1n) is 8.18. The minimum atomic E-state index is -0.439. The molecule has 0 amide bonds. The molecule has 1 atom stereocenters. The van der Waals surface area contributed by atoms with Crippen LogP contribution in [0.2, 0.25) is 10.0 Å². The van der Waals surface area contributed by atoms with Crippen LogP contribution in [-0.4, -0.2) is 9.78 Å². The number of para-hydroxylation sites is 1. The number of hydrogen-bond acceptors (Lipinski definition) is 4. The number of nitrogens with zero attached hydrogens (tertiary/aromatic N) is 3. The van der Waals surface area contributed by atoms with Crippen molar-refractivity contribution in [2.24, 2.45) is 5.73 Å². The fraction of sp³-hybridized carbons (Fsp3) is 0.100. The van der Waals surface area contributed by atoms with Crippen LogP contribution in [0.15, 0.2) is 60.0 Å². The second-order valence-electron chi connectivity index (χ2n) is 6.15. The lowest BCUT2D eigenvalue weighted by Crippen LogP contribution is -2.22. The van der Waals surface area contributed by atoms with Crippen molar-refractivity contribution >= 4 is 23.2 Å². The molecule has 0 saturated heterocycles. The molecule has 3 aromatic rings. The van der Waals surface area contributed by atoms with Crippen LogP contribution in [0.25, 0.3) is 5.69 Å². The maximum atomic E-state index is 9.70. The van der Waals surface area contributed by atoms with Gasteiger partial charge in [-0.25, -0.2) is 4.68 Å². The molecular weight excluding hydrogens is 383 g/mol. The Labute approximate surface area is 166 Å². The maximum Gasteiger partial charge on any atom is 0.229 e. The largest absolute Gasteiger partial charge is 0.422 e. The molecular formula is C20H14Cl2N4O. The highest BCUT2D eigenvalue weighted by atomic mass is 35.5. The van der Waals surface area contributed by atoms with E-state index in [1.54, 1.807) is 16.8 Å². The quantitative estimate of drug-likeness (QED) is 0.680. The Kier molecular flexibility index (Phi) is 4.31. The minimum Gasteiger partial charge on any atom is -0.422 e. The molecule has 1 aliphatic rings. The third-order valence-corrected chi connectivity index (χ3v) is 5.25. The smallest absolute Gasteiger partial charge is 0.229 e. The first-order valence-corrected chi connectivity index (χ1v) is 8.94. The number of nitriles is 1. The molecule has 134 valence electrons. The fourth-order valence-corrected chi connectivity index (χ4v) is 3.59. The zero-order valence-electron chi connectivity index (χ0n) is 14.3. The number of aromatic nitrogens is 2. The zero-order chi connectivity index (χ0) is 19.1. The number of halogens is 2. The molecule has 4 rings (SSSR count). The lowest BCUT2D eigenvalue weighted by molar-refractivity contribution is 0.367. The van der Waals surface area contributed by atoms with Gasteiger partial charge in [-0.05, 0) is 36.8 Å². The SMILES string of the molecule is Cc1nn(-c2ccccc2)c2c1C(c1ccc(Cl)c(Cl)c1)C(C#N)=C(N)O2. The van der Waals surface area contributed by atoms with E-state index in [1.165, 1.54) is 0 Å². The average Bonchev–Trinajstić information content (AvgIpc) is 2.99. The lowest BCUT2D eigenvalue weighted by Gasteiger charge is -2.25. The normalized spacial score (nSPS) is 15.9. The van der Waals surface area contributed by atoms with Crippen molar-refractivity contribution in [2.45, 2.75) is 12.8 Å². The summed E-state index contributed by atoms with van der Waals surface area (Å²) in [6, 6.07) is 17.0. The van der Waals surface area contributed by atoms with Gasteiger partial charge in [0.15, 0.2) is 0 Å². The number of ether oxygens (including phenoxy) is 1. The molecule has 1 aromatic heterocycles. The second-order valence-corrected chi connectivity index (χ2v) is 6.96. The van der Waals surface area contributed by atoms with E-state index < -0.39 is 5.92 Å². The molecule has 2 N–H and O–H groups in total. The summed E-state index contributed by atoms with van der Waals surface area (Å²) in [5.41, 5.74) is 9.56. The third-order valence-electron chi connectivity index (χ3n) is 4.51. The van der Waals surface area contributed by atoms with Gasteiger partial charge in [-0.3, -0.25) is 0 Å². The summed E-state index contributed by atoms with van der Waals surface area (Å²) < 4.78 is 7.51. The summed E-state index contributed by atoms with van der Waals surface area (Å²) in [6.07, 6.45) is 0. The van der Waals surface area contributed by atoms with Gasteiger partial charge in [0.2, 0.25) is 11.8 Å². The molecule has 1 unspecified atom stereocenters. The Morgan fingerprint density at radius 2 is 1.89 bits per heavy atom. The van der Waals surface area contributed by atoms with E-state index >= 15 is 0 Å². The first-order chi connectivity index (χ1) is 13.0. The van der Waals surface area contributed by atoms with E-state index in [0.717, 1.165) is 22.5 Å². The van der Waals surface area contributed by atoms with E-state index in [9.17, 15) is 5.26 Å². The number of hydrogen-bond donors (Lipinski definition) is 1. The van der Waals surface area contributed by atoms with Crippen LogP contribution in [0.3, 0.4) is 0 Å². The highest BCUT2D eigenvalue weighted by Gasteiger charge is 2.36. The van der Waals surface area contributed by atoms with Gasteiger partial charge < -0.3 is 10.5 Å². The Bertz CT molecular complexity index is 1110. The standard InChI is InChI=1S/C20H14Cl2N4O/c1-11-17-18(12-7-8-15(21)16(22)9-12)14(10-23)19(24)27-20(17)26(25-11)13-5-3-2-4-6-13/h2-9,18H,24H2,1H3. The van der Waals surface area contributed by atoms with E-state index in [2.05, 4.69) is 11.2 Å². The summed E-state index contributed by atoms with van der Waals surface area (Å²) in [5, 5.41) is 15.2. The number of rotatable bonds is 2. The van der Waals surface area contributed by atoms with E-state index in [-0.39, 0.29) is 5.88 Å². The predicted octanol–water partition coefficient (Wildman–Crippen LogP) is 4.71. The topological polar surface area (TPSA) is 76.9 Å². The van der Waals surface area contributed by atoms with Crippen LogP contribution >= 0.6 is 23.2 Å². The van der Waals surface area contributed by atoms with Crippen molar-refractivity contribution in [1.82, 2.24) is 9.78 Å². The molecule has 1 aliphatic heterocycles. The van der Waals surface area contributed by atoms with Gasteiger partial charge in [-0.2, -0.15) is 10.4 Å². The van der Waals surface area contributed by atoms with Gasteiger partial charge in [0, 0.05) is 0 Å². The van der Waals surface area contributed by atoms with Crippen LogP contribution in [0, 0.1) is 18.3 Å². The summed E-state index contributed by atoms with van der Waals surface area (Å²) in [6.45, 7) is 1.88. The number of aryl methyl sites for hydroxylation is 1. The van der Waals surface area contributed by atoms with Crippen molar-refractivity contribution in [3.8, 4) is 17.6 Å². The Morgan fingerprint density at radius 1 is 1.15 bits per heavy atom. The molecule has 0 spiro atoms. The van der Waals surface area contributed by atoms with Crippen molar-refractivity contribution < 1.29 is 4.74 Å². The molecule has 7 heteroatoms. The molecule has 2 heterocycles. The zero-order valence-corrected chi connectivity index (χ0v) is 15.8. The van der Waals surface area contributed by atoms with Gasteiger partial charge in [0.05, 0.1) is 32.9 Å². The first kappa shape index (κ1) is 17.5. The lowest BCUT2D eigenvalue weighted by atomic mass is 9.84. The maximum absolute atomic E-state index is 9.70. The summed E-state index contributed by atoms with van der Waals surface area (Å²) >= 11 is 12.3. The van der Waals surface area contributed by atoms with Crippen LogP contribution in [0.5, 0.6) is 5.88 Å². The van der Waals surface area contributed by atoms with Crippen LogP contribution in [0.1, 0.15) is 22.7 Å². The van der Waals surface area contributed by atoms with E-state index in [1.807, 2.05) is 43.3 Å². The number of fused-ring (bicyclic) bond motifs is 1. The summed E-state index contributed by atoms with van der Waals surface area (Å²) in [4.78, 5) is 0. The fourth-order valence-electron chi connectivity index (χ4n) is 3.28. The predicted molar refractivity (Wildman–Crippen MR) is 104 cm³/mol. The van der Waals surface area contributed by atoms with Gasteiger partial charge in [-0.1, -0.05) is 47.5 Å². The minimum absolute atomic E-state index is 0.0538. The highest BCUT2D eigenvalue weighted by molar-refractivity contribution is 6.42. The van der Waals surface area contributed by atoms with Crippen molar-refractivity contribution in [3.63, 3.8) is 0 Å². The van der Waals surface area contributed by atoms with Crippen LogP contribution in [-0.2, 0) is 0 Å². The summed E-state index contributed by atoms with van der Waals surface area (Å²) in [7, 11) is 0. The molecule has 0 radical (unpaired) electrons. The Morgan fingerprint density at radius 3 is 2.56 bits per heavy atom. The monoisotopic (exact) mass is 396 g/mol. The van der Waals surface area contributed by atoms with Gasteiger partial charge in [0.25, 0.3) is 0 Å². The third kappa shape index (κ3) is 2.84. The molecule has 0 fully saturated rings. The van der Waals surface area contributed by atoms with E-state index in [4.69, 9.17) is 33.7 Å². The Hall–Kier alpha value is -2.94. The Balaban J connectivity index is 1.97. The van der Waals surface area contributed by atoms with Gasteiger partial charge in [-0.15, -0.1) is 0 Å². The van der Waals surface area contributed by atoms with Crippen molar-refractivity contribution in [1.29, 1.82) is 5.26 Å². The average molecular weight is 397 g/mol. The summed E-state index contributed by atoms with van der Waals surface area (Å²) in [5.74, 6) is 0.107.